The highest BCUT2D eigenvalue weighted by molar-refractivity contribution is 6.00. The number of aliphatic carboxylic acids is 1. The van der Waals surface area contributed by atoms with Crippen LogP contribution in [-0.2, 0) is 10.2 Å². The number of carbonyl (C=O) groups excluding carboxylic acids is 1. The zero-order chi connectivity index (χ0) is 16.2. The standard InChI is InChI=1S/C17H24O4/c1-6-21-16-12(14(18)7-8-15(19)20)9-11(2)10-13(16)17(3,4)5/h9-10H,6-8H2,1-5H3,(H,19,20). The fraction of sp³-hybridized carbons (Fsp3) is 0.529. The summed E-state index contributed by atoms with van der Waals surface area (Å²) in [4.78, 5) is 23.0. The Morgan fingerprint density at radius 2 is 1.81 bits per heavy atom. The largest absolute Gasteiger partial charge is 0.493 e. The predicted molar refractivity (Wildman–Crippen MR) is 82.2 cm³/mol. The summed E-state index contributed by atoms with van der Waals surface area (Å²) >= 11 is 0. The van der Waals surface area contributed by atoms with Crippen LogP contribution in [0.3, 0.4) is 0 Å². The van der Waals surface area contributed by atoms with Crippen LogP contribution in [0.5, 0.6) is 5.75 Å². The van der Waals surface area contributed by atoms with Crippen molar-refractivity contribution in [3.05, 3.63) is 28.8 Å². The number of hydrogen-bond donors (Lipinski definition) is 1. The minimum absolute atomic E-state index is 0.0115. The first-order valence-electron chi connectivity index (χ1n) is 7.19. The molecule has 0 aliphatic carbocycles. The van der Waals surface area contributed by atoms with Crippen molar-refractivity contribution in [2.75, 3.05) is 6.61 Å². The molecule has 0 saturated heterocycles. The molecule has 0 amide bonds. The molecule has 0 aromatic heterocycles. The molecule has 0 aliphatic heterocycles. The number of rotatable bonds is 6. The summed E-state index contributed by atoms with van der Waals surface area (Å²) in [7, 11) is 0. The molecule has 0 spiro atoms. The molecule has 0 heterocycles. The third kappa shape index (κ3) is 4.59. The number of carboxylic acid groups (broad SMARTS) is 1. The number of Topliss-reactive ketones (excluding diaryl/α,β-unsaturated/α-hetero) is 1. The van der Waals surface area contributed by atoms with Crippen molar-refractivity contribution in [3.8, 4) is 5.75 Å². The van der Waals surface area contributed by atoms with Gasteiger partial charge in [-0.05, 0) is 30.9 Å². The highest BCUT2D eigenvalue weighted by Crippen LogP contribution is 2.36. The molecule has 0 atom stereocenters. The maximum Gasteiger partial charge on any atom is 0.303 e. The SMILES string of the molecule is CCOc1c(C(=O)CCC(=O)O)cc(C)cc1C(C)(C)C. The molecule has 1 aromatic carbocycles. The van der Waals surface area contributed by atoms with Gasteiger partial charge in [-0.1, -0.05) is 26.8 Å². The predicted octanol–water partition coefficient (Wildman–Crippen LogP) is 3.74. The highest BCUT2D eigenvalue weighted by Gasteiger charge is 2.24. The van der Waals surface area contributed by atoms with Gasteiger partial charge in [0, 0.05) is 12.0 Å². The Morgan fingerprint density at radius 3 is 2.29 bits per heavy atom. The van der Waals surface area contributed by atoms with Crippen LogP contribution in [0.1, 0.15) is 62.0 Å². The lowest BCUT2D eigenvalue weighted by molar-refractivity contribution is -0.136. The van der Waals surface area contributed by atoms with Crippen molar-refractivity contribution < 1.29 is 19.4 Å². The summed E-state index contributed by atoms with van der Waals surface area (Å²) in [5, 5.41) is 8.74. The van der Waals surface area contributed by atoms with Gasteiger partial charge in [0.05, 0.1) is 18.6 Å². The lowest BCUT2D eigenvalue weighted by Crippen LogP contribution is -2.17. The number of benzene rings is 1. The monoisotopic (exact) mass is 292 g/mol. The first-order chi connectivity index (χ1) is 9.66. The van der Waals surface area contributed by atoms with Gasteiger partial charge in [-0.2, -0.15) is 0 Å². The number of carboxylic acids is 1. The first kappa shape index (κ1) is 17.2. The molecule has 0 aliphatic rings. The highest BCUT2D eigenvalue weighted by atomic mass is 16.5. The first-order valence-corrected chi connectivity index (χ1v) is 7.19. The van der Waals surface area contributed by atoms with E-state index < -0.39 is 5.97 Å². The van der Waals surface area contributed by atoms with E-state index in [9.17, 15) is 9.59 Å². The number of hydrogen-bond acceptors (Lipinski definition) is 3. The molecule has 21 heavy (non-hydrogen) atoms. The minimum atomic E-state index is -0.968. The van der Waals surface area contributed by atoms with Crippen LogP contribution in [0.15, 0.2) is 12.1 Å². The quantitative estimate of drug-likeness (QED) is 0.811. The molecule has 1 rings (SSSR count). The molecule has 1 aromatic rings. The summed E-state index contributed by atoms with van der Waals surface area (Å²) in [6, 6.07) is 3.81. The van der Waals surface area contributed by atoms with Crippen LogP contribution >= 0.6 is 0 Å². The van der Waals surface area contributed by atoms with E-state index in [1.165, 1.54) is 0 Å². The van der Waals surface area contributed by atoms with Gasteiger partial charge in [0.2, 0.25) is 0 Å². The zero-order valence-corrected chi connectivity index (χ0v) is 13.4. The summed E-state index contributed by atoms with van der Waals surface area (Å²) in [6.45, 7) is 10.5. The van der Waals surface area contributed by atoms with Crippen molar-refractivity contribution in [2.45, 2.75) is 52.9 Å². The van der Waals surface area contributed by atoms with Crippen LogP contribution in [0.25, 0.3) is 0 Å². The van der Waals surface area contributed by atoms with Crippen LogP contribution in [0.4, 0.5) is 0 Å². The summed E-state index contributed by atoms with van der Waals surface area (Å²) in [5.41, 5.74) is 2.28. The average molecular weight is 292 g/mol. The Labute approximate surface area is 126 Å². The lowest BCUT2D eigenvalue weighted by Gasteiger charge is -2.25. The van der Waals surface area contributed by atoms with E-state index in [1.54, 1.807) is 6.07 Å². The van der Waals surface area contributed by atoms with Crippen molar-refractivity contribution >= 4 is 11.8 Å². The summed E-state index contributed by atoms with van der Waals surface area (Å²) in [5.74, 6) is -0.564. The van der Waals surface area contributed by atoms with Crippen LogP contribution < -0.4 is 4.74 Å². The van der Waals surface area contributed by atoms with Gasteiger partial charge in [0.15, 0.2) is 5.78 Å². The van der Waals surface area contributed by atoms with E-state index in [-0.39, 0.29) is 24.0 Å². The van der Waals surface area contributed by atoms with Gasteiger partial charge < -0.3 is 9.84 Å². The Balaban J connectivity index is 3.32. The second-order valence-corrected chi connectivity index (χ2v) is 6.19. The minimum Gasteiger partial charge on any atom is -0.493 e. The fourth-order valence-electron chi connectivity index (χ4n) is 2.19. The van der Waals surface area contributed by atoms with Gasteiger partial charge in [-0.3, -0.25) is 9.59 Å². The molecular weight excluding hydrogens is 268 g/mol. The van der Waals surface area contributed by atoms with E-state index in [0.717, 1.165) is 11.1 Å². The van der Waals surface area contributed by atoms with Crippen molar-refractivity contribution in [2.24, 2.45) is 0 Å². The average Bonchev–Trinajstić information content (AvgIpc) is 2.36. The number of ketones is 1. The van der Waals surface area contributed by atoms with Gasteiger partial charge >= 0.3 is 5.97 Å². The molecule has 4 nitrogen and oxygen atoms in total. The van der Waals surface area contributed by atoms with E-state index in [4.69, 9.17) is 9.84 Å². The molecular formula is C17H24O4. The Morgan fingerprint density at radius 1 is 1.19 bits per heavy atom. The number of aryl methyl sites for hydroxylation is 1. The molecule has 1 N–H and O–H groups in total. The van der Waals surface area contributed by atoms with E-state index >= 15 is 0 Å². The van der Waals surface area contributed by atoms with E-state index in [1.807, 2.05) is 19.9 Å². The second kappa shape index (κ2) is 6.74. The molecule has 4 heteroatoms. The molecule has 0 fully saturated rings. The van der Waals surface area contributed by atoms with Gasteiger partial charge in [-0.15, -0.1) is 0 Å². The third-order valence-electron chi connectivity index (χ3n) is 3.20. The Bertz CT molecular complexity index is 538. The van der Waals surface area contributed by atoms with Crippen molar-refractivity contribution in [3.63, 3.8) is 0 Å². The van der Waals surface area contributed by atoms with Crippen LogP contribution in [-0.4, -0.2) is 23.5 Å². The lowest BCUT2D eigenvalue weighted by atomic mass is 9.83. The zero-order valence-electron chi connectivity index (χ0n) is 13.4. The maximum atomic E-state index is 12.3. The van der Waals surface area contributed by atoms with E-state index in [2.05, 4.69) is 20.8 Å². The van der Waals surface area contributed by atoms with Crippen molar-refractivity contribution in [1.29, 1.82) is 0 Å². The van der Waals surface area contributed by atoms with E-state index in [0.29, 0.717) is 17.9 Å². The molecule has 116 valence electrons. The summed E-state index contributed by atoms with van der Waals surface area (Å²) < 4.78 is 5.71. The topological polar surface area (TPSA) is 63.6 Å². The number of ether oxygens (including phenoxy) is 1. The van der Waals surface area contributed by atoms with Crippen molar-refractivity contribution in [1.82, 2.24) is 0 Å². The molecule has 0 radical (unpaired) electrons. The normalized spacial score (nSPS) is 11.3. The molecule has 0 unspecified atom stereocenters. The maximum absolute atomic E-state index is 12.3. The second-order valence-electron chi connectivity index (χ2n) is 6.19. The van der Waals surface area contributed by atoms with Crippen LogP contribution in [0.2, 0.25) is 0 Å². The Kier molecular flexibility index (Phi) is 5.53. The third-order valence-corrected chi connectivity index (χ3v) is 3.20. The molecule has 0 bridgehead atoms. The van der Waals surface area contributed by atoms with Gasteiger partial charge in [0.25, 0.3) is 0 Å². The fourth-order valence-corrected chi connectivity index (χ4v) is 2.19. The van der Waals surface area contributed by atoms with Gasteiger partial charge in [-0.25, -0.2) is 0 Å². The summed E-state index contributed by atoms with van der Waals surface area (Å²) in [6.07, 6.45) is -0.175. The van der Waals surface area contributed by atoms with Crippen LogP contribution in [0, 0.1) is 6.92 Å². The number of carbonyl (C=O) groups is 2. The Hall–Kier alpha value is -1.84. The smallest absolute Gasteiger partial charge is 0.303 e. The van der Waals surface area contributed by atoms with Gasteiger partial charge in [0.1, 0.15) is 5.75 Å². The molecule has 0 saturated carbocycles.